The van der Waals surface area contributed by atoms with Crippen LogP contribution in [0, 0.1) is 0 Å². The standard InChI is InChI=1S/C56H110O3/c1-2-3-4-5-6-7-8-9-10-11-26-29-32-35-38-41-44-47-50-53-56(58)59-55-52-49-46-43-40-37-34-31-28-25-23-21-19-17-15-13-12-14-16-18-20-22-24-27-30-33-36-39-42-45-48-51-54-57/h9-10,57H,2-8,11-55H2,1H3. The van der Waals surface area contributed by atoms with Crippen molar-refractivity contribution in [1.82, 2.24) is 0 Å². The van der Waals surface area contributed by atoms with Gasteiger partial charge >= 0.3 is 5.97 Å². The molecular weight excluding hydrogens is 721 g/mol. The fraction of sp³-hybridized carbons (Fsp3) is 0.946. The molecule has 0 fully saturated rings. The third kappa shape index (κ3) is 55.2. The largest absolute Gasteiger partial charge is 0.466 e. The molecule has 0 aliphatic heterocycles. The number of allylic oxidation sites excluding steroid dienone is 2. The van der Waals surface area contributed by atoms with Crippen LogP contribution in [0.15, 0.2) is 12.2 Å². The Balaban J connectivity index is 3.15. The number of unbranched alkanes of at least 4 members (excludes halogenated alkanes) is 46. The number of ether oxygens (including phenoxy) is 1. The Bertz CT molecular complexity index is 777. The molecular formula is C56H110O3. The Morgan fingerprint density at radius 3 is 0.847 bits per heavy atom. The van der Waals surface area contributed by atoms with Gasteiger partial charge in [-0.05, 0) is 44.9 Å². The van der Waals surface area contributed by atoms with Gasteiger partial charge in [-0.1, -0.05) is 289 Å². The topological polar surface area (TPSA) is 46.5 Å². The number of esters is 1. The molecule has 0 aliphatic carbocycles. The van der Waals surface area contributed by atoms with Gasteiger partial charge in [0.1, 0.15) is 0 Å². The summed E-state index contributed by atoms with van der Waals surface area (Å²) < 4.78 is 5.50. The smallest absolute Gasteiger partial charge is 0.305 e. The lowest BCUT2D eigenvalue weighted by molar-refractivity contribution is -0.143. The Morgan fingerprint density at radius 1 is 0.322 bits per heavy atom. The molecule has 0 aromatic rings. The first-order chi connectivity index (χ1) is 29.3. The summed E-state index contributed by atoms with van der Waals surface area (Å²) in [4.78, 5) is 12.1. The van der Waals surface area contributed by atoms with Crippen LogP contribution in [0.25, 0.3) is 0 Å². The third-order valence-corrected chi connectivity index (χ3v) is 13.0. The van der Waals surface area contributed by atoms with E-state index >= 15 is 0 Å². The van der Waals surface area contributed by atoms with Crippen LogP contribution in [0.4, 0.5) is 0 Å². The van der Waals surface area contributed by atoms with E-state index in [0.717, 1.165) is 19.3 Å². The Hall–Kier alpha value is -0.830. The Morgan fingerprint density at radius 2 is 0.559 bits per heavy atom. The van der Waals surface area contributed by atoms with Gasteiger partial charge in [-0.2, -0.15) is 0 Å². The maximum Gasteiger partial charge on any atom is 0.305 e. The van der Waals surface area contributed by atoms with E-state index in [-0.39, 0.29) is 5.97 Å². The summed E-state index contributed by atoms with van der Waals surface area (Å²) in [6.07, 6.45) is 72.5. The minimum atomic E-state index is 0.0266. The molecule has 0 aromatic carbocycles. The van der Waals surface area contributed by atoms with Crippen LogP contribution in [0.1, 0.15) is 328 Å². The van der Waals surface area contributed by atoms with Gasteiger partial charge in [-0.15, -0.1) is 0 Å². The molecule has 0 bridgehead atoms. The second-order valence-electron chi connectivity index (χ2n) is 19.0. The Labute approximate surface area is 372 Å². The second-order valence-corrected chi connectivity index (χ2v) is 19.0. The number of carbonyl (C=O) groups excluding carboxylic acids is 1. The highest BCUT2D eigenvalue weighted by Crippen LogP contribution is 2.18. The SMILES string of the molecule is CCCCCCCCC=CCCCCCCCCCCCC(=O)OCCCCCCCCCCCCCCCCCCCCCCCCCCCCCCCCCCO. The van der Waals surface area contributed by atoms with Crippen LogP contribution in [-0.4, -0.2) is 24.3 Å². The summed E-state index contributed by atoms with van der Waals surface area (Å²) in [5.74, 6) is 0.0266. The number of aliphatic hydroxyl groups excluding tert-OH is 1. The molecule has 0 amide bonds. The summed E-state index contributed by atoms with van der Waals surface area (Å²) in [5.41, 5.74) is 0. The van der Waals surface area contributed by atoms with Crippen molar-refractivity contribution in [3.8, 4) is 0 Å². The van der Waals surface area contributed by atoms with E-state index < -0.39 is 0 Å². The lowest BCUT2D eigenvalue weighted by atomic mass is 10.0. The highest BCUT2D eigenvalue weighted by Gasteiger charge is 2.03. The fourth-order valence-corrected chi connectivity index (χ4v) is 8.82. The molecule has 3 heteroatoms. The molecule has 0 heterocycles. The maximum atomic E-state index is 12.1. The predicted molar refractivity (Wildman–Crippen MR) is 264 cm³/mol. The van der Waals surface area contributed by atoms with Crippen molar-refractivity contribution in [2.45, 2.75) is 328 Å². The molecule has 0 saturated heterocycles. The molecule has 59 heavy (non-hydrogen) atoms. The first-order valence-corrected chi connectivity index (χ1v) is 27.7. The molecule has 1 N–H and O–H groups in total. The van der Waals surface area contributed by atoms with Crippen LogP contribution in [0.2, 0.25) is 0 Å². The molecule has 0 rings (SSSR count). The molecule has 0 spiro atoms. The number of aliphatic hydroxyl groups is 1. The van der Waals surface area contributed by atoms with Crippen LogP contribution in [0.5, 0.6) is 0 Å². The first kappa shape index (κ1) is 58.2. The van der Waals surface area contributed by atoms with Crippen LogP contribution >= 0.6 is 0 Å². The number of carbonyl (C=O) groups is 1. The summed E-state index contributed by atoms with van der Waals surface area (Å²) >= 11 is 0. The average Bonchev–Trinajstić information content (AvgIpc) is 3.24. The van der Waals surface area contributed by atoms with Crippen LogP contribution < -0.4 is 0 Å². The molecule has 3 nitrogen and oxygen atoms in total. The predicted octanol–water partition coefficient (Wildman–Crippen LogP) is 19.6. The van der Waals surface area contributed by atoms with Crippen molar-refractivity contribution < 1.29 is 14.6 Å². The molecule has 0 atom stereocenters. The van der Waals surface area contributed by atoms with Crippen molar-refractivity contribution in [1.29, 1.82) is 0 Å². The minimum absolute atomic E-state index is 0.0266. The van der Waals surface area contributed by atoms with Gasteiger partial charge in [0.15, 0.2) is 0 Å². The van der Waals surface area contributed by atoms with Crippen LogP contribution in [0.3, 0.4) is 0 Å². The highest BCUT2D eigenvalue weighted by atomic mass is 16.5. The third-order valence-electron chi connectivity index (χ3n) is 13.0. The van der Waals surface area contributed by atoms with E-state index in [0.29, 0.717) is 19.6 Å². The van der Waals surface area contributed by atoms with Gasteiger partial charge in [0.25, 0.3) is 0 Å². The van der Waals surface area contributed by atoms with E-state index in [4.69, 9.17) is 9.84 Å². The van der Waals surface area contributed by atoms with E-state index in [2.05, 4.69) is 19.1 Å². The van der Waals surface area contributed by atoms with Crippen molar-refractivity contribution in [3.05, 3.63) is 12.2 Å². The van der Waals surface area contributed by atoms with Gasteiger partial charge in [-0.3, -0.25) is 4.79 Å². The zero-order valence-electron chi connectivity index (χ0n) is 40.7. The molecule has 0 unspecified atom stereocenters. The number of rotatable bonds is 53. The van der Waals surface area contributed by atoms with Gasteiger partial charge in [0.2, 0.25) is 0 Å². The summed E-state index contributed by atoms with van der Waals surface area (Å²) in [5, 5.41) is 8.82. The highest BCUT2D eigenvalue weighted by molar-refractivity contribution is 5.69. The van der Waals surface area contributed by atoms with Gasteiger partial charge in [0.05, 0.1) is 6.61 Å². The number of hydrogen-bond donors (Lipinski definition) is 1. The van der Waals surface area contributed by atoms with E-state index in [1.807, 2.05) is 0 Å². The normalized spacial score (nSPS) is 11.7. The molecule has 0 aromatic heterocycles. The number of hydrogen-bond acceptors (Lipinski definition) is 3. The van der Waals surface area contributed by atoms with E-state index in [1.165, 1.54) is 295 Å². The molecule has 0 saturated carbocycles. The summed E-state index contributed by atoms with van der Waals surface area (Å²) in [7, 11) is 0. The zero-order valence-corrected chi connectivity index (χ0v) is 40.7. The van der Waals surface area contributed by atoms with Gasteiger partial charge in [-0.25, -0.2) is 0 Å². The first-order valence-electron chi connectivity index (χ1n) is 27.7. The van der Waals surface area contributed by atoms with Crippen molar-refractivity contribution in [2.75, 3.05) is 13.2 Å². The summed E-state index contributed by atoms with van der Waals surface area (Å²) in [6.45, 7) is 3.29. The minimum Gasteiger partial charge on any atom is -0.466 e. The van der Waals surface area contributed by atoms with E-state index in [1.54, 1.807) is 0 Å². The van der Waals surface area contributed by atoms with Crippen LogP contribution in [-0.2, 0) is 9.53 Å². The van der Waals surface area contributed by atoms with Crippen molar-refractivity contribution in [3.63, 3.8) is 0 Å². The van der Waals surface area contributed by atoms with Gasteiger partial charge < -0.3 is 9.84 Å². The van der Waals surface area contributed by atoms with Crippen molar-refractivity contribution in [2.24, 2.45) is 0 Å². The lowest BCUT2D eigenvalue weighted by Gasteiger charge is -2.06. The van der Waals surface area contributed by atoms with E-state index in [9.17, 15) is 4.79 Å². The Kier molecular flexibility index (Phi) is 54.4. The maximum absolute atomic E-state index is 12.1. The molecule has 0 radical (unpaired) electrons. The monoisotopic (exact) mass is 831 g/mol. The molecule has 352 valence electrons. The van der Waals surface area contributed by atoms with Gasteiger partial charge in [0, 0.05) is 13.0 Å². The molecule has 0 aliphatic rings. The zero-order chi connectivity index (χ0) is 42.5. The quantitative estimate of drug-likeness (QED) is 0.0377. The average molecular weight is 831 g/mol. The second kappa shape index (κ2) is 55.2. The summed E-state index contributed by atoms with van der Waals surface area (Å²) in [6, 6.07) is 0. The fourth-order valence-electron chi connectivity index (χ4n) is 8.82. The lowest BCUT2D eigenvalue weighted by Crippen LogP contribution is -2.05. The van der Waals surface area contributed by atoms with Crippen molar-refractivity contribution >= 4 is 5.97 Å².